The molecule has 1 aliphatic carbocycles. The number of hydrogen-bond donors (Lipinski definition) is 2. The van der Waals surface area contributed by atoms with E-state index in [9.17, 15) is 9.59 Å². The van der Waals surface area contributed by atoms with E-state index in [1.165, 1.54) is 7.11 Å². The lowest BCUT2D eigenvalue weighted by Crippen LogP contribution is -2.42. The second kappa shape index (κ2) is 9.07. The third-order valence-electron chi connectivity index (χ3n) is 4.74. The van der Waals surface area contributed by atoms with E-state index in [-0.39, 0.29) is 24.0 Å². The Labute approximate surface area is 158 Å². The highest BCUT2D eigenvalue weighted by Crippen LogP contribution is 2.27. The molecule has 0 bridgehead atoms. The van der Waals surface area contributed by atoms with Crippen LogP contribution in [0.25, 0.3) is 0 Å². The van der Waals surface area contributed by atoms with Crippen LogP contribution in [0.1, 0.15) is 24.8 Å². The van der Waals surface area contributed by atoms with Crippen LogP contribution in [0, 0.1) is 5.92 Å². The number of carbonyl (C=O) groups excluding carboxylic acids is 2. The highest BCUT2D eigenvalue weighted by Gasteiger charge is 2.34. The van der Waals surface area contributed by atoms with Crippen LogP contribution in [-0.2, 0) is 16.1 Å². The molecule has 27 heavy (non-hydrogen) atoms. The summed E-state index contributed by atoms with van der Waals surface area (Å²) < 4.78 is 10.6. The van der Waals surface area contributed by atoms with E-state index in [0.717, 1.165) is 30.6 Å². The van der Waals surface area contributed by atoms with Crippen molar-refractivity contribution in [3.8, 4) is 5.75 Å². The average molecular weight is 368 g/mol. The predicted octanol–water partition coefficient (Wildman–Crippen LogP) is 3.73. The second-order valence-corrected chi connectivity index (χ2v) is 6.52. The van der Waals surface area contributed by atoms with Crippen LogP contribution < -0.4 is 15.4 Å². The second-order valence-electron chi connectivity index (χ2n) is 6.52. The Morgan fingerprint density at radius 2 is 1.78 bits per heavy atom. The van der Waals surface area contributed by atoms with Gasteiger partial charge in [-0.25, -0.2) is 4.79 Å². The molecular formula is C21H24N2O4. The quantitative estimate of drug-likeness (QED) is 0.762. The first kappa shape index (κ1) is 18.8. The molecule has 1 aliphatic rings. The van der Waals surface area contributed by atoms with Gasteiger partial charge in [0.25, 0.3) is 0 Å². The average Bonchev–Trinajstić information content (AvgIpc) is 3.15. The standard InChI is InChI=1S/C21H24N2O4/c1-26-20(24)17-11-7-13-19(17)23-21(25)22-18-12-6-5-8-15(18)14-27-16-9-3-2-4-10-16/h2-6,8-10,12,17,19H,7,11,13-14H2,1H3,(H2,22,23,25)/t17-,19+/m0/s1. The van der Waals surface area contributed by atoms with Crippen molar-refractivity contribution in [1.82, 2.24) is 5.32 Å². The zero-order chi connectivity index (χ0) is 19.1. The minimum atomic E-state index is -0.331. The summed E-state index contributed by atoms with van der Waals surface area (Å²) in [5.74, 6) is 0.218. The number of rotatable bonds is 6. The summed E-state index contributed by atoms with van der Waals surface area (Å²) in [7, 11) is 1.38. The number of anilines is 1. The van der Waals surface area contributed by atoms with Gasteiger partial charge in [0.1, 0.15) is 12.4 Å². The molecule has 2 atom stereocenters. The smallest absolute Gasteiger partial charge is 0.319 e. The normalized spacial score (nSPS) is 18.6. The minimum absolute atomic E-state index is 0.204. The van der Waals surface area contributed by atoms with Gasteiger partial charge >= 0.3 is 12.0 Å². The molecule has 2 amide bonds. The van der Waals surface area contributed by atoms with Gasteiger partial charge in [0.05, 0.1) is 13.0 Å². The van der Waals surface area contributed by atoms with Crippen LogP contribution in [0.3, 0.4) is 0 Å². The van der Waals surface area contributed by atoms with Crippen molar-refractivity contribution in [3.05, 3.63) is 60.2 Å². The molecule has 0 radical (unpaired) electrons. The molecule has 6 nitrogen and oxygen atoms in total. The molecule has 0 unspecified atom stereocenters. The summed E-state index contributed by atoms with van der Waals surface area (Å²) in [6.07, 6.45) is 2.40. The van der Waals surface area contributed by atoms with Crippen molar-refractivity contribution in [1.29, 1.82) is 0 Å². The van der Waals surface area contributed by atoms with Gasteiger partial charge in [-0.15, -0.1) is 0 Å². The Bertz CT molecular complexity index is 779. The summed E-state index contributed by atoms with van der Waals surface area (Å²) in [5, 5.41) is 5.77. The van der Waals surface area contributed by atoms with Crippen LogP contribution in [0.15, 0.2) is 54.6 Å². The van der Waals surface area contributed by atoms with Crippen LogP contribution in [-0.4, -0.2) is 25.2 Å². The first-order chi connectivity index (χ1) is 13.2. The third kappa shape index (κ3) is 5.00. The van der Waals surface area contributed by atoms with Crippen molar-refractivity contribution < 1.29 is 19.1 Å². The molecule has 0 heterocycles. The largest absolute Gasteiger partial charge is 0.489 e. The molecule has 6 heteroatoms. The Balaban J connectivity index is 1.60. The molecule has 2 N–H and O–H groups in total. The number of esters is 1. The summed E-state index contributed by atoms with van der Waals surface area (Å²) in [6.45, 7) is 0.342. The Hall–Kier alpha value is -3.02. The van der Waals surface area contributed by atoms with E-state index >= 15 is 0 Å². The molecule has 1 saturated carbocycles. The van der Waals surface area contributed by atoms with E-state index in [1.807, 2.05) is 54.6 Å². The maximum Gasteiger partial charge on any atom is 0.319 e. The third-order valence-corrected chi connectivity index (χ3v) is 4.74. The topological polar surface area (TPSA) is 76.7 Å². The summed E-state index contributed by atoms with van der Waals surface area (Å²) in [4.78, 5) is 24.3. The van der Waals surface area contributed by atoms with Gasteiger partial charge in [0.2, 0.25) is 0 Å². The number of methoxy groups -OCH3 is 1. The van der Waals surface area contributed by atoms with Gasteiger partial charge in [-0.05, 0) is 31.0 Å². The number of nitrogens with one attached hydrogen (secondary N) is 2. The van der Waals surface area contributed by atoms with E-state index in [0.29, 0.717) is 12.3 Å². The lowest BCUT2D eigenvalue weighted by Gasteiger charge is -2.20. The Kier molecular flexibility index (Phi) is 6.30. The number of hydrogen-bond acceptors (Lipinski definition) is 4. The predicted molar refractivity (Wildman–Crippen MR) is 103 cm³/mol. The van der Waals surface area contributed by atoms with Gasteiger partial charge in [-0.2, -0.15) is 0 Å². The molecular weight excluding hydrogens is 344 g/mol. The number of benzene rings is 2. The zero-order valence-electron chi connectivity index (χ0n) is 15.3. The molecule has 2 aromatic carbocycles. The Morgan fingerprint density at radius 3 is 2.56 bits per heavy atom. The number of urea groups is 1. The molecule has 0 aromatic heterocycles. The highest BCUT2D eigenvalue weighted by atomic mass is 16.5. The van der Waals surface area contributed by atoms with Gasteiger partial charge in [-0.1, -0.05) is 42.8 Å². The van der Waals surface area contributed by atoms with Crippen molar-refractivity contribution >= 4 is 17.7 Å². The summed E-state index contributed by atoms with van der Waals surface area (Å²) in [5.41, 5.74) is 1.55. The maximum absolute atomic E-state index is 12.4. The summed E-state index contributed by atoms with van der Waals surface area (Å²) in [6, 6.07) is 16.5. The van der Waals surface area contributed by atoms with Crippen LogP contribution in [0.4, 0.5) is 10.5 Å². The van der Waals surface area contributed by atoms with Crippen LogP contribution in [0.2, 0.25) is 0 Å². The number of amides is 2. The van der Waals surface area contributed by atoms with Crippen LogP contribution in [0.5, 0.6) is 5.75 Å². The molecule has 3 rings (SSSR count). The molecule has 0 aliphatic heterocycles. The van der Waals surface area contributed by atoms with Gasteiger partial charge in [0.15, 0.2) is 0 Å². The van der Waals surface area contributed by atoms with E-state index < -0.39 is 0 Å². The van der Waals surface area contributed by atoms with E-state index in [2.05, 4.69) is 10.6 Å². The first-order valence-electron chi connectivity index (χ1n) is 9.08. The summed E-state index contributed by atoms with van der Waals surface area (Å²) >= 11 is 0. The SMILES string of the molecule is COC(=O)[C@H]1CCC[C@H]1NC(=O)Nc1ccccc1COc1ccccc1. The van der Waals surface area contributed by atoms with Crippen molar-refractivity contribution in [2.45, 2.75) is 31.9 Å². The monoisotopic (exact) mass is 368 g/mol. The van der Waals surface area contributed by atoms with Gasteiger partial charge < -0.3 is 20.1 Å². The van der Waals surface area contributed by atoms with Crippen molar-refractivity contribution in [2.24, 2.45) is 5.92 Å². The van der Waals surface area contributed by atoms with E-state index in [1.54, 1.807) is 0 Å². The van der Waals surface area contributed by atoms with Crippen LogP contribution >= 0.6 is 0 Å². The molecule has 0 saturated heterocycles. The lowest BCUT2D eigenvalue weighted by atomic mass is 10.0. The number of carbonyl (C=O) groups is 2. The molecule has 142 valence electrons. The lowest BCUT2D eigenvalue weighted by molar-refractivity contribution is -0.145. The fourth-order valence-electron chi connectivity index (χ4n) is 3.34. The molecule has 1 fully saturated rings. The first-order valence-corrected chi connectivity index (χ1v) is 9.08. The van der Waals surface area contributed by atoms with Gasteiger partial charge in [0, 0.05) is 17.3 Å². The molecule has 2 aromatic rings. The fourth-order valence-corrected chi connectivity index (χ4v) is 3.34. The maximum atomic E-state index is 12.4. The highest BCUT2D eigenvalue weighted by molar-refractivity contribution is 5.90. The Morgan fingerprint density at radius 1 is 1.04 bits per heavy atom. The number of ether oxygens (including phenoxy) is 2. The van der Waals surface area contributed by atoms with Crippen molar-refractivity contribution in [3.63, 3.8) is 0 Å². The minimum Gasteiger partial charge on any atom is -0.489 e. The molecule has 0 spiro atoms. The fraction of sp³-hybridized carbons (Fsp3) is 0.333. The number of para-hydroxylation sites is 2. The van der Waals surface area contributed by atoms with E-state index in [4.69, 9.17) is 9.47 Å². The zero-order valence-corrected chi connectivity index (χ0v) is 15.3. The van der Waals surface area contributed by atoms with Gasteiger partial charge in [-0.3, -0.25) is 4.79 Å². The van der Waals surface area contributed by atoms with Crippen molar-refractivity contribution in [2.75, 3.05) is 12.4 Å².